The first-order valence-corrected chi connectivity index (χ1v) is 6.91. The van der Waals surface area contributed by atoms with Crippen molar-refractivity contribution in [1.82, 2.24) is 0 Å². The third-order valence-electron chi connectivity index (χ3n) is 3.57. The summed E-state index contributed by atoms with van der Waals surface area (Å²) in [6.07, 6.45) is 2.75. The smallest absolute Gasteiger partial charge is 0.303 e. The Morgan fingerprint density at radius 2 is 1.84 bits per heavy atom. The van der Waals surface area contributed by atoms with Crippen LogP contribution in [-0.2, 0) is 10.2 Å². The first-order chi connectivity index (χ1) is 8.95. The fraction of sp³-hybridized carbons (Fsp3) is 0.562. The second-order valence-electron chi connectivity index (χ2n) is 5.46. The number of carboxylic acid groups (broad SMARTS) is 1. The first kappa shape index (κ1) is 15.5. The molecule has 0 unspecified atom stereocenters. The minimum atomic E-state index is -0.744. The molecule has 0 amide bonds. The molecule has 0 bridgehead atoms. The maximum atomic E-state index is 10.4. The van der Waals surface area contributed by atoms with Crippen molar-refractivity contribution in [2.75, 3.05) is 6.61 Å². The van der Waals surface area contributed by atoms with E-state index in [2.05, 4.69) is 32.9 Å². The SMILES string of the molecule is CCC(C)(C)c1ccc(OCCCCC(=O)O)cc1. The second kappa shape index (κ2) is 7.17. The molecule has 106 valence electrons. The van der Waals surface area contributed by atoms with Gasteiger partial charge in [-0.3, -0.25) is 4.79 Å². The highest BCUT2D eigenvalue weighted by molar-refractivity contribution is 5.66. The van der Waals surface area contributed by atoms with Crippen LogP contribution in [0.4, 0.5) is 0 Å². The summed E-state index contributed by atoms with van der Waals surface area (Å²) >= 11 is 0. The van der Waals surface area contributed by atoms with Gasteiger partial charge in [0.05, 0.1) is 6.61 Å². The van der Waals surface area contributed by atoms with E-state index in [0.29, 0.717) is 13.0 Å². The topological polar surface area (TPSA) is 46.5 Å². The van der Waals surface area contributed by atoms with Gasteiger partial charge >= 0.3 is 5.97 Å². The van der Waals surface area contributed by atoms with Crippen molar-refractivity contribution >= 4 is 5.97 Å². The van der Waals surface area contributed by atoms with Crippen molar-refractivity contribution in [3.8, 4) is 5.75 Å². The van der Waals surface area contributed by atoms with Crippen molar-refractivity contribution < 1.29 is 14.6 Å². The van der Waals surface area contributed by atoms with E-state index < -0.39 is 5.97 Å². The average Bonchev–Trinajstić information content (AvgIpc) is 2.38. The lowest BCUT2D eigenvalue weighted by Gasteiger charge is -2.23. The van der Waals surface area contributed by atoms with Crippen LogP contribution < -0.4 is 4.74 Å². The third kappa shape index (κ3) is 5.33. The Morgan fingerprint density at radius 1 is 1.21 bits per heavy atom. The molecule has 0 atom stereocenters. The number of hydrogen-bond acceptors (Lipinski definition) is 2. The van der Waals surface area contributed by atoms with Crippen LogP contribution in [0, 0.1) is 0 Å². The minimum Gasteiger partial charge on any atom is -0.494 e. The normalized spacial score (nSPS) is 11.3. The van der Waals surface area contributed by atoms with E-state index in [9.17, 15) is 4.79 Å². The fourth-order valence-electron chi connectivity index (χ4n) is 1.77. The number of carboxylic acids is 1. The van der Waals surface area contributed by atoms with Gasteiger partial charge in [0.2, 0.25) is 0 Å². The zero-order chi connectivity index (χ0) is 14.3. The molecule has 0 aliphatic carbocycles. The molecule has 19 heavy (non-hydrogen) atoms. The summed E-state index contributed by atoms with van der Waals surface area (Å²) in [4.78, 5) is 10.4. The molecular formula is C16H24O3. The molecule has 0 aliphatic rings. The van der Waals surface area contributed by atoms with Gasteiger partial charge < -0.3 is 9.84 Å². The standard InChI is InChI=1S/C16H24O3/c1-4-16(2,3)13-8-10-14(11-9-13)19-12-6-5-7-15(17)18/h8-11H,4-7,12H2,1-3H3,(H,17,18). The van der Waals surface area contributed by atoms with E-state index in [1.807, 2.05) is 12.1 Å². The zero-order valence-corrected chi connectivity index (χ0v) is 12.1. The minimum absolute atomic E-state index is 0.194. The van der Waals surface area contributed by atoms with Crippen molar-refractivity contribution in [2.45, 2.75) is 51.9 Å². The highest BCUT2D eigenvalue weighted by atomic mass is 16.5. The largest absolute Gasteiger partial charge is 0.494 e. The van der Waals surface area contributed by atoms with E-state index in [1.54, 1.807) is 0 Å². The molecule has 1 rings (SSSR count). The van der Waals surface area contributed by atoms with E-state index in [0.717, 1.165) is 18.6 Å². The van der Waals surface area contributed by atoms with Gasteiger partial charge in [-0.1, -0.05) is 32.9 Å². The van der Waals surface area contributed by atoms with Crippen molar-refractivity contribution in [3.05, 3.63) is 29.8 Å². The summed E-state index contributed by atoms with van der Waals surface area (Å²) in [5.41, 5.74) is 1.51. The summed E-state index contributed by atoms with van der Waals surface area (Å²) < 4.78 is 5.60. The Hall–Kier alpha value is -1.51. The summed E-state index contributed by atoms with van der Waals surface area (Å²) in [5.74, 6) is 0.108. The molecule has 3 heteroatoms. The molecule has 0 spiro atoms. The van der Waals surface area contributed by atoms with Gasteiger partial charge in [-0.15, -0.1) is 0 Å². The lowest BCUT2D eigenvalue weighted by Crippen LogP contribution is -2.15. The quantitative estimate of drug-likeness (QED) is 0.722. The number of hydrogen-bond donors (Lipinski definition) is 1. The van der Waals surface area contributed by atoms with Crippen LogP contribution in [0.5, 0.6) is 5.75 Å². The molecule has 1 aromatic rings. The molecule has 0 aliphatic heterocycles. The van der Waals surface area contributed by atoms with Gasteiger partial charge in [-0.2, -0.15) is 0 Å². The number of ether oxygens (including phenoxy) is 1. The van der Waals surface area contributed by atoms with Gasteiger partial charge in [0, 0.05) is 6.42 Å². The lowest BCUT2D eigenvalue weighted by atomic mass is 9.82. The summed E-state index contributed by atoms with van der Waals surface area (Å²) in [7, 11) is 0. The van der Waals surface area contributed by atoms with Crippen LogP contribution in [0.15, 0.2) is 24.3 Å². The van der Waals surface area contributed by atoms with Gasteiger partial charge in [0.25, 0.3) is 0 Å². The van der Waals surface area contributed by atoms with Crippen LogP contribution in [0.3, 0.4) is 0 Å². The predicted octanol–water partition coefficient (Wildman–Crippen LogP) is 4.01. The molecule has 3 nitrogen and oxygen atoms in total. The summed E-state index contributed by atoms with van der Waals surface area (Å²) in [6.45, 7) is 7.22. The van der Waals surface area contributed by atoms with Crippen molar-refractivity contribution in [3.63, 3.8) is 0 Å². The molecule has 0 aromatic heterocycles. The van der Waals surface area contributed by atoms with Gasteiger partial charge in [-0.25, -0.2) is 0 Å². The van der Waals surface area contributed by atoms with Crippen LogP contribution in [-0.4, -0.2) is 17.7 Å². The lowest BCUT2D eigenvalue weighted by molar-refractivity contribution is -0.137. The Balaban J connectivity index is 2.38. The van der Waals surface area contributed by atoms with Crippen LogP contribution >= 0.6 is 0 Å². The molecule has 0 radical (unpaired) electrons. The summed E-state index contributed by atoms with van der Waals surface area (Å²) in [6, 6.07) is 8.19. The molecule has 1 N–H and O–H groups in total. The van der Waals surface area contributed by atoms with Gasteiger partial charge in [0.1, 0.15) is 5.75 Å². The molecule has 0 saturated heterocycles. The van der Waals surface area contributed by atoms with Gasteiger partial charge in [0.15, 0.2) is 0 Å². The van der Waals surface area contributed by atoms with E-state index in [-0.39, 0.29) is 11.8 Å². The monoisotopic (exact) mass is 264 g/mol. The molecule has 0 saturated carbocycles. The Labute approximate surface area is 115 Å². The molecule has 1 aromatic carbocycles. The average molecular weight is 264 g/mol. The van der Waals surface area contributed by atoms with Crippen LogP contribution in [0.25, 0.3) is 0 Å². The molecule has 0 heterocycles. The van der Waals surface area contributed by atoms with E-state index in [4.69, 9.17) is 9.84 Å². The Morgan fingerprint density at radius 3 is 2.37 bits per heavy atom. The molecular weight excluding hydrogens is 240 g/mol. The predicted molar refractivity (Wildman–Crippen MR) is 76.7 cm³/mol. The number of carbonyl (C=O) groups is 1. The number of unbranched alkanes of at least 4 members (excludes halogenated alkanes) is 1. The van der Waals surface area contributed by atoms with Crippen LogP contribution in [0.2, 0.25) is 0 Å². The Bertz CT molecular complexity index is 393. The van der Waals surface area contributed by atoms with Crippen LogP contribution in [0.1, 0.15) is 52.0 Å². The zero-order valence-electron chi connectivity index (χ0n) is 12.1. The maximum Gasteiger partial charge on any atom is 0.303 e. The Kier molecular flexibility index (Phi) is 5.87. The molecule has 0 fully saturated rings. The fourth-order valence-corrected chi connectivity index (χ4v) is 1.77. The highest BCUT2D eigenvalue weighted by Gasteiger charge is 2.17. The summed E-state index contributed by atoms with van der Waals surface area (Å²) in [5, 5.41) is 8.52. The van der Waals surface area contributed by atoms with Gasteiger partial charge in [-0.05, 0) is 42.4 Å². The number of benzene rings is 1. The highest BCUT2D eigenvalue weighted by Crippen LogP contribution is 2.28. The maximum absolute atomic E-state index is 10.4. The van der Waals surface area contributed by atoms with Crippen molar-refractivity contribution in [2.24, 2.45) is 0 Å². The number of aliphatic carboxylic acids is 1. The van der Waals surface area contributed by atoms with E-state index >= 15 is 0 Å². The van der Waals surface area contributed by atoms with E-state index in [1.165, 1.54) is 5.56 Å². The number of rotatable bonds is 8. The third-order valence-corrected chi connectivity index (χ3v) is 3.57. The van der Waals surface area contributed by atoms with Crippen molar-refractivity contribution in [1.29, 1.82) is 0 Å². The first-order valence-electron chi connectivity index (χ1n) is 6.91. The second-order valence-corrected chi connectivity index (χ2v) is 5.46.